The number of hydrogen-bond donors (Lipinski definition) is 3. The summed E-state index contributed by atoms with van der Waals surface area (Å²) >= 11 is 0. The number of carboxylic acid groups (broad SMARTS) is 1. The minimum Gasteiger partial charge on any atom is -0.465 e. The molecule has 148 valence electrons. The van der Waals surface area contributed by atoms with E-state index in [2.05, 4.69) is 39.2 Å². The average molecular weight is 381 g/mol. The second-order valence-electron chi connectivity index (χ2n) is 9.59. The van der Waals surface area contributed by atoms with Crippen LogP contribution < -0.4 is 11.1 Å². The quantitative estimate of drug-likeness (QED) is 0.621. The Kier molecular flexibility index (Phi) is 6.72. The largest absolute Gasteiger partial charge is 0.465 e. The number of hydrogen-bond acceptors (Lipinski definition) is 3. The van der Waals surface area contributed by atoms with Crippen molar-refractivity contribution in [3.8, 4) is 0 Å². The van der Waals surface area contributed by atoms with E-state index in [4.69, 9.17) is 10.2 Å². The molecule has 0 aliphatic heterocycles. The monoisotopic (exact) mass is 380 g/mol. The molecule has 0 saturated carbocycles. The Morgan fingerprint density at radius 3 is 2.04 bits per heavy atom. The maximum Gasteiger partial charge on any atom is 0.405 e. The van der Waals surface area contributed by atoms with Gasteiger partial charge in [-0.1, -0.05) is 71.9 Å². The van der Waals surface area contributed by atoms with E-state index in [0.29, 0.717) is 0 Å². The van der Waals surface area contributed by atoms with Crippen LogP contribution >= 0.6 is 0 Å². The summed E-state index contributed by atoms with van der Waals surface area (Å²) < 4.78 is 6.46. The molecular weight excluding hydrogens is 344 g/mol. The standard InChI is InChI=1S/C20H36N2O3Si/c1-18(2,3)20(22-17(23)24,14-25-26(7,8)19(4,5)6)16(21)15-12-10-9-11-13-15/h9-13,16,22H,14,21H2,1-8H3,(H,23,24)/t16-,20+/m0/s1. The van der Waals surface area contributed by atoms with Gasteiger partial charge in [-0.15, -0.1) is 0 Å². The molecule has 0 unspecified atom stereocenters. The highest BCUT2D eigenvalue weighted by Crippen LogP contribution is 2.43. The van der Waals surface area contributed by atoms with Crippen molar-refractivity contribution in [2.45, 2.75) is 71.3 Å². The molecule has 0 fully saturated rings. The molecule has 1 rings (SSSR count). The first-order valence-corrected chi connectivity index (χ1v) is 12.0. The molecule has 1 aromatic rings. The van der Waals surface area contributed by atoms with Crippen LogP contribution in [0.4, 0.5) is 4.79 Å². The highest BCUT2D eigenvalue weighted by atomic mass is 28.4. The topological polar surface area (TPSA) is 84.6 Å². The Bertz CT molecular complexity index is 606. The summed E-state index contributed by atoms with van der Waals surface area (Å²) in [5.41, 5.74) is 6.12. The van der Waals surface area contributed by atoms with Crippen LogP contribution in [0, 0.1) is 5.41 Å². The van der Waals surface area contributed by atoms with Crippen molar-refractivity contribution in [2.75, 3.05) is 6.61 Å². The molecule has 0 aliphatic rings. The van der Waals surface area contributed by atoms with Crippen molar-refractivity contribution >= 4 is 14.4 Å². The average Bonchev–Trinajstić information content (AvgIpc) is 2.49. The van der Waals surface area contributed by atoms with Crippen molar-refractivity contribution in [2.24, 2.45) is 11.1 Å². The molecule has 0 radical (unpaired) electrons. The molecule has 26 heavy (non-hydrogen) atoms. The van der Waals surface area contributed by atoms with E-state index in [1.165, 1.54) is 0 Å². The fraction of sp³-hybridized carbons (Fsp3) is 0.650. The van der Waals surface area contributed by atoms with Gasteiger partial charge in [-0.3, -0.25) is 0 Å². The second kappa shape index (κ2) is 7.70. The Hall–Kier alpha value is -1.37. The molecule has 0 saturated heterocycles. The van der Waals surface area contributed by atoms with Crippen LogP contribution in [0.5, 0.6) is 0 Å². The van der Waals surface area contributed by atoms with Gasteiger partial charge in [0.05, 0.1) is 18.2 Å². The predicted octanol–water partition coefficient (Wildman–Crippen LogP) is 4.76. The van der Waals surface area contributed by atoms with Crippen molar-refractivity contribution in [3.05, 3.63) is 35.9 Å². The van der Waals surface area contributed by atoms with Crippen molar-refractivity contribution in [1.82, 2.24) is 5.32 Å². The van der Waals surface area contributed by atoms with Gasteiger partial charge in [0.2, 0.25) is 0 Å². The highest BCUT2D eigenvalue weighted by molar-refractivity contribution is 6.74. The molecule has 6 heteroatoms. The summed E-state index contributed by atoms with van der Waals surface area (Å²) in [6, 6.07) is 9.08. The molecule has 0 aromatic heterocycles. The summed E-state index contributed by atoms with van der Waals surface area (Å²) in [5.74, 6) is 0. The van der Waals surface area contributed by atoms with Gasteiger partial charge in [0.1, 0.15) is 0 Å². The molecule has 0 heterocycles. The van der Waals surface area contributed by atoms with E-state index in [0.717, 1.165) is 5.56 Å². The smallest absolute Gasteiger partial charge is 0.405 e. The van der Waals surface area contributed by atoms with Crippen LogP contribution in [-0.4, -0.2) is 31.7 Å². The van der Waals surface area contributed by atoms with E-state index >= 15 is 0 Å². The van der Waals surface area contributed by atoms with Crippen molar-refractivity contribution in [1.29, 1.82) is 0 Å². The van der Waals surface area contributed by atoms with Crippen LogP contribution in [-0.2, 0) is 4.43 Å². The third-order valence-electron chi connectivity index (χ3n) is 5.82. The lowest BCUT2D eigenvalue weighted by molar-refractivity contribution is 0.0423. The van der Waals surface area contributed by atoms with E-state index in [1.54, 1.807) is 0 Å². The predicted molar refractivity (Wildman–Crippen MR) is 110 cm³/mol. The number of benzene rings is 1. The van der Waals surface area contributed by atoms with Gasteiger partial charge >= 0.3 is 6.09 Å². The molecule has 0 spiro atoms. The summed E-state index contributed by atoms with van der Waals surface area (Å²) in [7, 11) is -2.08. The Morgan fingerprint density at radius 2 is 1.65 bits per heavy atom. The Balaban J connectivity index is 3.38. The normalized spacial score (nSPS) is 16.7. The summed E-state index contributed by atoms with van der Waals surface area (Å²) in [5, 5.41) is 12.4. The number of rotatable bonds is 6. The lowest BCUT2D eigenvalue weighted by atomic mass is 9.68. The maximum absolute atomic E-state index is 11.7. The van der Waals surface area contributed by atoms with Crippen LogP contribution in [0.2, 0.25) is 18.1 Å². The van der Waals surface area contributed by atoms with Crippen LogP contribution in [0.1, 0.15) is 53.1 Å². The molecule has 1 amide bonds. The molecule has 0 bridgehead atoms. The molecule has 1 aromatic carbocycles. The first-order valence-electron chi connectivity index (χ1n) is 9.10. The van der Waals surface area contributed by atoms with E-state index < -0.39 is 31.4 Å². The summed E-state index contributed by atoms with van der Waals surface area (Å²) in [4.78, 5) is 11.7. The Labute approximate surface area is 159 Å². The highest BCUT2D eigenvalue weighted by Gasteiger charge is 2.51. The summed E-state index contributed by atoms with van der Waals surface area (Å²) in [6.07, 6.45) is -1.09. The van der Waals surface area contributed by atoms with Crippen LogP contribution in [0.25, 0.3) is 0 Å². The number of nitrogens with two attached hydrogens (primary N) is 1. The first kappa shape index (κ1) is 22.7. The van der Waals surface area contributed by atoms with Gasteiger partial charge in [0.25, 0.3) is 0 Å². The van der Waals surface area contributed by atoms with E-state index in [-0.39, 0.29) is 11.6 Å². The molecule has 2 atom stereocenters. The van der Waals surface area contributed by atoms with Crippen LogP contribution in [0.15, 0.2) is 30.3 Å². The zero-order chi connectivity index (χ0) is 20.4. The first-order chi connectivity index (χ1) is 11.6. The van der Waals surface area contributed by atoms with E-state index in [1.807, 2.05) is 51.1 Å². The molecule has 5 nitrogen and oxygen atoms in total. The third-order valence-corrected chi connectivity index (χ3v) is 10.3. The zero-order valence-corrected chi connectivity index (χ0v) is 18.5. The lowest BCUT2D eigenvalue weighted by Gasteiger charge is -2.50. The second-order valence-corrected chi connectivity index (χ2v) is 14.4. The van der Waals surface area contributed by atoms with Crippen molar-refractivity contribution < 1.29 is 14.3 Å². The van der Waals surface area contributed by atoms with E-state index in [9.17, 15) is 9.90 Å². The zero-order valence-electron chi connectivity index (χ0n) is 17.5. The van der Waals surface area contributed by atoms with Gasteiger partial charge in [0.15, 0.2) is 8.32 Å². The summed E-state index contributed by atoms with van der Waals surface area (Å²) in [6.45, 7) is 17.1. The van der Waals surface area contributed by atoms with Gasteiger partial charge in [-0.25, -0.2) is 4.79 Å². The molecule has 4 N–H and O–H groups in total. The van der Waals surface area contributed by atoms with Gasteiger partial charge in [0, 0.05) is 0 Å². The number of amides is 1. The fourth-order valence-electron chi connectivity index (χ4n) is 2.72. The Morgan fingerprint density at radius 1 is 1.15 bits per heavy atom. The third kappa shape index (κ3) is 4.87. The minimum absolute atomic E-state index is 0.0245. The minimum atomic E-state index is -2.08. The molecule has 0 aliphatic carbocycles. The van der Waals surface area contributed by atoms with Crippen molar-refractivity contribution in [3.63, 3.8) is 0 Å². The van der Waals surface area contributed by atoms with Crippen LogP contribution in [0.3, 0.4) is 0 Å². The molecular formula is C20H36N2O3Si. The number of carbonyl (C=O) groups is 1. The lowest BCUT2D eigenvalue weighted by Crippen LogP contribution is -2.66. The number of nitrogens with one attached hydrogen (secondary N) is 1. The van der Waals surface area contributed by atoms with Gasteiger partial charge < -0.3 is 20.6 Å². The fourth-order valence-corrected chi connectivity index (χ4v) is 3.74. The maximum atomic E-state index is 11.7. The van der Waals surface area contributed by atoms with Gasteiger partial charge in [-0.05, 0) is 29.1 Å². The SMILES string of the molecule is CC(C)(C)[C@](CO[Si](C)(C)C(C)(C)C)(NC(=O)O)[C@@H](N)c1ccccc1. The van der Waals surface area contributed by atoms with Gasteiger partial charge in [-0.2, -0.15) is 0 Å².